The third kappa shape index (κ3) is 3.53. The number of rotatable bonds is 5. The van der Waals surface area contributed by atoms with Crippen molar-refractivity contribution in [1.82, 2.24) is 4.90 Å². The van der Waals surface area contributed by atoms with Crippen LogP contribution in [0.2, 0.25) is 0 Å². The van der Waals surface area contributed by atoms with Crippen LogP contribution in [0.15, 0.2) is 42.5 Å². The monoisotopic (exact) mass is 325 g/mol. The highest BCUT2D eigenvalue weighted by Gasteiger charge is 2.20. The van der Waals surface area contributed by atoms with Crippen LogP contribution in [0.4, 0.5) is 0 Å². The first-order valence-electron chi connectivity index (χ1n) is 8.26. The summed E-state index contributed by atoms with van der Waals surface area (Å²) >= 11 is 0. The van der Waals surface area contributed by atoms with Crippen LogP contribution in [0.25, 0.3) is 0 Å². The molecular weight excluding hydrogens is 302 g/mol. The third-order valence-electron chi connectivity index (χ3n) is 4.58. The standard InChI is InChI=1S/C20H23NO3/c1-23-18-8-9-19(24-2)16(13-18)7-10-20(22)21-12-11-15-5-3-4-6-17(15)14-21/h3-6,8-9,13H,7,10-12,14H2,1-2H3. The number of methoxy groups -OCH3 is 2. The summed E-state index contributed by atoms with van der Waals surface area (Å²) < 4.78 is 10.7. The molecule has 4 nitrogen and oxygen atoms in total. The number of hydrogen-bond donors (Lipinski definition) is 0. The second-order valence-corrected chi connectivity index (χ2v) is 6.01. The van der Waals surface area contributed by atoms with E-state index in [1.807, 2.05) is 29.2 Å². The van der Waals surface area contributed by atoms with Gasteiger partial charge in [0.1, 0.15) is 11.5 Å². The Labute approximate surface area is 143 Å². The van der Waals surface area contributed by atoms with E-state index in [0.717, 1.165) is 30.0 Å². The molecule has 0 bridgehead atoms. The predicted molar refractivity (Wildman–Crippen MR) is 93.4 cm³/mol. The molecule has 0 saturated heterocycles. The van der Waals surface area contributed by atoms with Crippen LogP contribution in [0.3, 0.4) is 0 Å². The SMILES string of the molecule is COc1ccc(OC)c(CCC(=O)N2CCc3ccccc3C2)c1. The van der Waals surface area contributed by atoms with Crippen molar-refractivity contribution >= 4 is 5.91 Å². The van der Waals surface area contributed by atoms with Gasteiger partial charge in [-0.3, -0.25) is 4.79 Å². The minimum atomic E-state index is 0.189. The normalized spacial score (nSPS) is 13.3. The van der Waals surface area contributed by atoms with Gasteiger partial charge in [-0.1, -0.05) is 24.3 Å². The summed E-state index contributed by atoms with van der Waals surface area (Å²) in [5.74, 6) is 1.77. The molecule has 3 rings (SSSR count). The maximum absolute atomic E-state index is 12.6. The van der Waals surface area contributed by atoms with Crippen molar-refractivity contribution in [3.05, 3.63) is 59.2 Å². The molecule has 0 radical (unpaired) electrons. The van der Waals surface area contributed by atoms with Crippen molar-refractivity contribution in [3.63, 3.8) is 0 Å². The minimum absolute atomic E-state index is 0.189. The molecule has 1 aliphatic heterocycles. The summed E-state index contributed by atoms with van der Waals surface area (Å²) in [5, 5.41) is 0. The Morgan fingerprint density at radius 3 is 2.62 bits per heavy atom. The van der Waals surface area contributed by atoms with Gasteiger partial charge in [0.25, 0.3) is 0 Å². The third-order valence-corrected chi connectivity index (χ3v) is 4.58. The van der Waals surface area contributed by atoms with Crippen LogP contribution < -0.4 is 9.47 Å². The second-order valence-electron chi connectivity index (χ2n) is 6.01. The van der Waals surface area contributed by atoms with E-state index in [2.05, 4.69) is 18.2 Å². The summed E-state index contributed by atoms with van der Waals surface area (Å²) in [6, 6.07) is 14.1. The number of aryl methyl sites for hydroxylation is 1. The van der Waals surface area contributed by atoms with Gasteiger partial charge in [-0.25, -0.2) is 0 Å². The topological polar surface area (TPSA) is 38.8 Å². The fourth-order valence-electron chi connectivity index (χ4n) is 3.19. The van der Waals surface area contributed by atoms with Crippen molar-refractivity contribution in [2.45, 2.75) is 25.8 Å². The lowest BCUT2D eigenvalue weighted by atomic mass is 9.99. The van der Waals surface area contributed by atoms with Gasteiger partial charge < -0.3 is 14.4 Å². The molecule has 1 amide bonds. The average Bonchev–Trinajstić information content (AvgIpc) is 2.65. The summed E-state index contributed by atoms with van der Waals surface area (Å²) in [6.07, 6.45) is 2.06. The highest BCUT2D eigenvalue weighted by atomic mass is 16.5. The highest BCUT2D eigenvalue weighted by Crippen LogP contribution is 2.26. The maximum atomic E-state index is 12.6. The zero-order valence-corrected chi connectivity index (χ0v) is 14.2. The number of ether oxygens (including phenoxy) is 2. The molecule has 0 fully saturated rings. The molecule has 0 N–H and O–H groups in total. The van der Waals surface area contributed by atoms with Crippen molar-refractivity contribution in [1.29, 1.82) is 0 Å². The number of hydrogen-bond acceptors (Lipinski definition) is 3. The van der Waals surface area contributed by atoms with Gasteiger partial charge in [0.2, 0.25) is 5.91 Å². The minimum Gasteiger partial charge on any atom is -0.497 e. The van der Waals surface area contributed by atoms with E-state index in [0.29, 0.717) is 19.4 Å². The van der Waals surface area contributed by atoms with E-state index in [1.165, 1.54) is 11.1 Å². The molecule has 0 atom stereocenters. The number of nitrogens with zero attached hydrogens (tertiary/aromatic N) is 1. The lowest BCUT2D eigenvalue weighted by molar-refractivity contribution is -0.132. The van der Waals surface area contributed by atoms with Gasteiger partial charge in [-0.2, -0.15) is 0 Å². The molecule has 1 aliphatic rings. The van der Waals surface area contributed by atoms with Gasteiger partial charge in [0.05, 0.1) is 14.2 Å². The number of carbonyl (C=O) groups is 1. The predicted octanol–water partition coefficient (Wildman–Crippen LogP) is 3.22. The molecule has 0 saturated carbocycles. The van der Waals surface area contributed by atoms with Crippen LogP contribution >= 0.6 is 0 Å². The van der Waals surface area contributed by atoms with Gasteiger partial charge in [-0.15, -0.1) is 0 Å². The van der Waals surface area contributed by atoms with Gasteiger partial charge in [0.15, 0.2) is 0 Å². The zero-order valence-electron chi connectivity index (χ0n) is 14.2. The van der Waals surface area contributed by atoms with Crippen molar-refractivity contribution in [3.8, 4) is 11.5 Å². The first-order chi connectivity index (χ1) is 11.7. The molecule has 0 unspecified atom stereocenters. The smallest absolute Gasteiger partial charge is 0.223 e. The highest BCUT2D eigenvalue weighted by molar-refractivity contribution is 5.77. The Morgan fingerprint density at radius 2 is 1.88 bits per heavy atom. The molecular formula is C20H23NO3. The van der Waals surface area contributed by atoms with E-state index in [1.54, 1.807) is 14.2 Å². The fraction of sp³-hybridized carbons (Fsp3) is 0.350. The summed E-state index contributed by atoms with van der Waals surface area (Å²) in [4.78, 5) is 14.5. The Balaban J connectivity index is 1.64. The maximum Gasteiger partial charge on any atom is 0.223 e. The number of amides is 1. The van der Waals surface area contributed by atoms with Crippen molar-refractivity contribution in [2.24, 2.45) is 0 Å². The van der Waals surface area contributed by atoms with Gasteiger partial charge in [-0.05, 0) is 47.7 Å². The Morgan fingerprint density at radius 1 is 1.08 bits per heavy atom. The lowest BCUT2D eigenvalue weighted by Crippen LogP contribution is -2.36. The van der Waals surface area contributed by atoms with E-state index >= 15 is 0 Å². The van der Waals surface area contributed by atoms with E-state index < -0.39 is 0 Å². The molecule has 2 aromatic carbocycles. The quantitative estimate of drug-likeness (QED) is 0.847. The molecule has 126 valence electrons. The van der Waals surface area contributed by atoms with E-state index in [-0.39, 0.29) is 5.91 Å². The second kappa shape index (κ2) is 7.39. The molecule has 1 heterocycles. The number of benzene rings is 2. The van der Waals surface area contributed by atoms with Gasteiger partial charge in [0, 0.05) is 19.5 Å². The van der Waals surface area contributed by atoms with Crippen molar-refractivity contribution in [2.75, 3.05) is 20.8 Å². The van der Waals surface area contributed by atoms with Crippen LogP contribution in [0.5, 0.6) is 11.5 Å². The molecule has 2 aromatic rings. The fourth-order valence-corrected chi connectivity index (χ4v) is 3.19. The lowest BCUT2D eigenvalue weighted by Gasteiger charge is -2.29. The first-order valence-corrected chi connectivity index (χ1v) is 8.26. The molecule has 0 aliphatic carbocycles. The largest absolute Gasteiger partial charge is 0.497 e. The zero-order chi connectivity index (χ0) is 16.9. The molecule has 0 aromatic heterocycles. The number of carbonyl (C=O) groups excluding carboxylic acids is 1. The van der Waals surface area contributed by atoms with Crippen LogP contribution in [-0.4, -0.2) is 31.6 Å². The molecule has 4 heteroatoms. The number of fused-ring (bicyclic) bond motifs is 1. The molecule has 24 heavy (non-hydrogen) atoms. The van der Waals surface area contributed by atoms with Crippen LogP contribution in [0, 0.1) is 0 Å². The first kappa shape index (κ1) is 16.4. The Bertz CT molecular complexity index is 727. The average molecular weight is 325 g/mol. The Kier molecular flexibility index (Phi) is 5.04. The van der Waals surface area contributed by atoms with E-state index in [9.17, 15) is 4.79 Å². The summed E-state index contributed by atoms with van der Waals surface area (Å²) in [5.41, 5.74) is 3.62. The van der Waals surface area contributed by atoms with E-state index in [4.69, 9.17) is 9.47 Å². The van der Waals surface area contributed by atoms with Gasteiger partial charge >= 0.3 is 0 Å². The molecule has 0 spiro atoms. The van der Waals surface area contributed by atoms with Crippen LogP contribution in [0.1, 0.15) is 23.1 Å². The Hall–Kier alpha value is -2.49. The van der Waals surface area contributed by atoms with Crippen molar-refractivity contribution < 1.29 is 14.3 Å². The summed E-state index contributed by atoms with van der Waals surface area (Å²) in [6.45, 7) is 1.51. The van der Waals surface area contributed by atoms with Crippen LogP contribution in [-0.2, 0) is 24.2 Å². The summed E-state index contributed by atoms with van der Waals surface area (Å²) in [7, 11) is 3.29.